The lowest BCUT2D eigenvalue weighted by Crippen LogP contribution is -2.50. The first-order valence-corrected chi connectivity index (χ1v) is 8.63. The van der Waals surface area contributed by atoms with E-state index in [2.05, 4.69) is 5.32 Å². The van der Waals surface area contributed by atoms with E-state index in [-0.39, 0.29) is 6.61 Å². The Labute approximate surface area is 137 Å². The van der Waals surface area contributed by atoms with Crippen LogP contribution in [0.3, 0.4) is 0 Å². The second-order valence-electron chi connectivity index (χ2n) is 6.58. The first-order chi connectivity index (χ1) is 11.2. The maximum absolute atomic E-state index is 10.4. The highest BCUT2D eigenvalue weighted by molar-refractivity contribution is 5.13. The molecule has 2 aliphatic rings. The summed E-state index contributed by atoms with van der Waals surface area (Å²) in [5.74, 6) is 0. The largest absolute Gasteiger partial charge is 0.388 e. The predicted molar refractivity (Wildman–Crippen MR) is 86.8 cm³/mol. The molecular weight excluding hydrogens is 294 g/mol. The first-order valence-electron chi connectivity index (χ1n) is 8.63. The minimum Gasteiger partial charge on any atom is -0.388 e. The van der Waals surface area contributed by atoms with Gasteiger partial charge < -0.3 is 25.0 Å². The topological polar surface area (TPSA) is 71.0 Å². The fraction of sp³-hybridized carbons (Fsp3) is 0.667. The van der Waals surface area contributed by atoms with Gasteiger partial charge in [0.1, 0.15) is 12.2 Å². The van der Waals surface area contributed by atoms with Crippen molar-refractivity contribution in [2.24, 2.45) is 0 Å². The van der Waals surface area contributed by atoms with E-state index < -0.39 is 24.5 Å². The monoisotopic (exact) mass is 321 g/mol. The van der Waals surface area contributed by atoms with Crippen LogP contribution in [0.5, 0.6) is 0 Å². The average molecular weight is 321 g/mol. The number of aliphatic hydroxyl groups is 2. The molecule has 1 aromatic rings. The highest BCUT2D eigenvalue weighted by atomic mass is 16.6. The fourth-order valence-electron chi connectivity index (χ4n) is 3.47. The molecule has 0 unspecified atom stereocenters. The predicted octanol–water partition coefficient (Wildman–Crippen LogP) is 1.57. The van der Waals surface area contributed by atoms with Crippen molar-refractivity contribution in [3.63, 3.8) is 0 Å². The lowest BCUT2D eigenvalue weighted by atomic mass is 9.94. The minimum absolute atomic E-state index is 0.274. The fourth-order valence-corrected chi connectivity index (χ4v) is 3.47. The molecule has 3 N–H and O–H groups in total. The van der Waals surface area contributed by atoms with Crippen molar-refractivity contribution in [1.29, 1.82) is 0 Å². The summed E-state index contributed by atoms with van der Waals surface area (Å²) in [4.78, 5) is 0. The van der Waals surface area contributed by atoms with E-state index in [9.17, 15) is 10.2 Å². The number of hydrogen-bond acceptors (Lipinski definition) is 5. The van der Waals surface area contributed by atoms with E-state index in [1.54, 1.807) is 0 Å². The number of benzene rings is 1. The molecule has 1 saturated carbocycles. The van der Waals surface area contributed by atoms with Gasteiger partial charge in [-0.3, -0.25) is 0 Å². The van der Waals surface area contributed by atoms with Crippen molar-refractivity contribution in [2.75, 3.05) is 6.61 Å². The molecule has 23 heavy (non-hydrogen) atoms. The average Bonchev–Trinajstić information content (AvgIpc) is 2.85. The van der Waals surface area contributed by atoms with Crippen LogP contribution in [0.25, 0.3) is 0 Å². The molecule has 0 aromatic heterocycles. The van der Waals surface area contributed by atoms with Crippen LogP contribution in [-0.2, 0) is 16.1 Å². The van der Waals surface area contributed by atoms with Gasteiger partial charge in [-0.05, 0) is 18.4 Å². The van der Waals surface area contributed by atoms with Gasteiger partial charge >= 0.3 is 0 Å². The Morgan fingerprint density at radius 2 is 1.83 bits per heavy atom. The molecule has 3 rings (SSSR count). The summed E-state index contributed by atoms with van der Waals surface area (Å²) in [6.07, 6.45) is 3.69. The van der Waals surface area contributed by atoms with Crippen molar-refractivity contribution >= 4 is 0 Å². The lowest BCUT2D eigenvalue weighted by molar-refractivity contribution is -0.121. The molecule has 5 heteroatoms. The summed E-state index contributed by atoms with van der Waals surface area (Å²) in [5.41, 5.74) is 1.08. The van der Waals surface area contributed by atoms with E-state index >= 15 is 0 Å². The Kier molecular flexibility index (Phi) is 6.02. The molecule has 2 fully saturated rings. The van der Waals surface area contributed by atoms with E-state index in [0.717, 1.165) is 18.4 Å². The Morgan fingerprint density at radius 3 is 2.57 bits per heavy atom. The molecule has 0 radical (unpaired) electrons. The van der Waals surface area contributed by atoms with Crippen LogP contribution in [0.4, 0.5) is 0 Å². The maximum Gasteiger partial charge on any atom is 0.173 e. The van der Waals surface area contributed by atoms with Gasteiger partial charge in [-0.25, -0.2) is 0 Å². The molecule has 0 bridgehead atoms. The highest BCUT2D eigenvalue weighted by Gasteiger charge is 2.43. The quantitative estimate of drug-likeness (QED) is 0.742. The smallest absolute Gasteiger partial charge is 0.173 e. The summed E-state index contributed by atoms with van der Waals surface area (Å²) >= 11 is 0. The zero-order valence-corrected chi connectivity index (χ0v) is 13.4. The summed E-state index contributed by atoms with van der Waals surface area (Å²) in [5, 5.41) is 23.9. The number of hydrogen-bond donors (Lipinski definition) is 3. The molecule has 1 aliphatic heterocycles. The zero-order valence-electron chi connectivity index (χ0n) is 13.4. The normalized spacial score (nSPS) is 32.3. The summed E-state index contributed by atoms with van der Waals surface area (Å²) < 4.78 is 11.1. The lowest BCUT2D eigenvalue weighted by Gasteiger charge is -2.28. The van der Waals surface area contributed by atoms with Crippen LogP contribution in [0, 0.1) is 0 Å². The van der Waals surface area contributed by atoms with E-state index in [1.807, 2.05) is 30.3 Å². The van der Waals surface area contributed by atoms with Crippen LogP contribution < -0.4 is 5.32 Å². The van der Waals surface area contributed by atoms with Gasteiger partial charge in [0.05, 0.1) is 19.3 Å². The third-order valence-electron chi connectivity index (χ3n) is 4.80. The molecule has 1 saturated heterocycles. The van der Waals surface area contributed by atoms with Crippen LogP contribution in [0.1, 0.15) is 37.7 Å². The van der Waals surface area contributed by atoms with E-state index in [1.165, 1.54) is 19.3 Å². The summed E-state index contributed by atoms with van der Waals surface area (Å²) in [6, 6.07) is 9.82. The van der Waals surface area contributed by atoms with Crippen molar-refractivity contribution in [2.45, 2.75) is 69.3 Å². The second-order valence-corrected chi connectivity index (χ2v) is 6.58. The third kappa shape index (κ3) is 4.52. The molecule has 5 nitrogen and oxygen atoms in total. The van der Waals surface area contributed by atoms with E-state index in [0.29, 0.717) is 12.6 Å². The Hall–Kier alpha value is -0.980. The molecular formula is C18H27NO4. The Bertz CT molecular complexity index is 463. The van der Waals surface area contributed by atoms with Gasteiger partial charge in [-0.2, -0.15) is 0 Å². The second kappa shape index (κ2) is 8.22. The third-order valence-corrected chi connectivity index (χ3v) is 4.80. The standard InChI is InChI=1S/C18H27NO4/c20-17-15(12-22-11-13-7-3-1-4-8-13)23-18(21)16(17)19-14-9-5-2-6-10-14/h1,3-4,7-8,14-21H,2,5-6,9-12H2/t15-,16+,17-,18+/m1/s1. The van der Waals surface area contributed by atoms with Crippen LogP contribution in [0.2, 0.25) is 0 Å². The minimum atomic E-state index is -0.975. The van der Waals surface area contributed by atoms with Gasteiger partial charge in [0.25, 0.3) is 0 Å². The molecule has 128 valence electrons. The number of rotatable bonds is 6. The van der Waals surface area contributed by atoms with Gasteiger partial charge in [0.2, 0.25) is 0 Å². The molecule has 0 amide bonds. The van der Waals surface area contributed by atoms with Gasteiger partial charge in [0.15, 0.2) is 6.29 Å². The molecule has 1 aliphatic carbocycles. The Morgan fingerprint density at radius 1 is 1.09 bits per heavy atom. The van der Waals surface area contributed by atoms with Crippen LogP contribution in [-0.4, -0.2) is 47.4 Å². The van der Waals surface area contributed by atoms with Gasteiger partial charge in [-0.1, -0.05) is 49.6 Å². The van der Waals surface area contributed by atoms with Crippen molar-refractivity contribution in [3.05, 3.63) is 35.9 Å². The number of aliphatic hydroxyl groups excluding tert-OH is 2. The van der Waals surface area contributed by atoms with Crippen LogP contribution in [0.15, 0.2) is 30.3 Å². The molecule has 4 atom stereocenters. The first kappa shape index (κ1) is 16.9. The highest BCUT2D eigenvalue weighted by Crippen LogP contribution is 2.24. The summed E-state index contributed by atoms with van der Waals surface area (Å²) in [6.45, 7) is 0.750. The van der Waals surface area contributed by atoms with Gasteiger partial charge in [0, 0.05) is 6.04 Å². The summed E-state index contributed by atoms with van der Waals surface area (Å²) in [7, 11) is 0. The molecule has 0 spiro atoms. The maximum atomic E-state index is 10.4. The van der Waals surface area contributed by atoms with E-state index in [4.69, 9.17) is 9.47 Å². The number of ether oxygens (including phenoxy) is 2. The SMILES string of the molecule is O[C@H]1[C@H](NC2CCCCC2)[C@@H](O)O[C@@H]1COCc1ccccc1. The Balaban J connectivity index is 1.45. The van der Waals surface area contributed by atoms with Crippen molar-refractivity contribution in [3.8, 4) is 0 Å². The molecule has 1 aromatic carbocycles. The van der Waals surface area contributed by atoms with Crippen molar-refractivity contribution in [1.82, 2.24) is 5.32 Å². The number of nitrogens with one attached hydrogen (secondary N) is 1. The van der Waals surface area contributed by atoms with Crippen molar-refractivity contribution < 1.29 is 19.7 Å². The van der Waals surface area contributed by atoms with Crippen LogP contribution >= 0.6 is 0 Å². The molecule has 1 heterocycles. The zero-order chi connectivity index (χ0) is 16.1. The van der Waals surface area contributed by atoms with Gasteiger partial charge in [-0.15, -0.1) is 0 Å².